The molecule has 0 atom stereocenters. The molecule has 6 nitrogen and oxygen atoms in total. The van der Waals surface area contributed by atoms with E-state index in [4.69, 9.17) is 22.3 Å². The predicted molar refractivity (Wildman–Crippen MR) is 55.9 cm³/mol. The quantitative estimate of drug-likeness (QED) is 0.167. The lowest BCUT2D eigenvalue weighted by molar-refractivity contribution is 0.475. The smallest absolute Gasteiger partial charge is 0.211 e. The number of nitrogens with zero attached hydrogens (tertiary/aromatic N) is 2. The molecule has 0 aliphatic carbocycles. The van der Waals surface area contributed by atoms with Crippen molar-refractivity contribution in [1.29, 1.82) is 0 Å². The summed E-state index contributed by atoms with van der Waals surface area (Å²) in [5.41, 5.74) is 16.7. The first-order valence-corrected chi connectivity index (χ1v) is 3.80. The Balaban J connectivity index is 2.91. The number of benzene rings is 1. The van der Waals surface area contributed by atoms with Crippen molar-refractivity contribution < 1.29 is 5.11 Å². The number of anilines is 1. The van der Waals surface area contributed by atoms with Gasteiger partial charge in [0, 0.05) is 11.3 Å². The monoisotopic (exact) mass is 193 g/mol. The van der Waals surface area contributed by atoms with Gasteiger partial charge in [0.15, 0.2) is 0 Å². The molecule has 0 saturated carbocycles. The van der Waals surface area contributed by atoms with Gasteiger partial charge < -0.3 is 22.3 Å². The number of hydrogen-bond acceptors (Lipinski definition) is 4. The number of aromatic hydroxyl groups is 1. The maximum atomic E-state index is 9.14. The fourth-order valence-electron chi connectivity index (χ4n) is 0.832. The molecule has 0 amide bonds. The summed E-state index contributed by atoms with van der Waals surface area (Å²) in [5.74, 6) is -0.0367. The number of guanidine groups is 1. The van der Waals surface area contributed by atoms with E-state index in [1.807, 2.05) is 0 Å². The molecule has 0 aromatic heterocycles. The van der Waals surface area contributed by atoms with Crippen molar-refractivity contribution in [1.82, 2.24) is 0 Å². The van der Waals surface area contributed by atoms with Crippen LogP contribution in [0.3, 0.4) is 0 Å². The van der Waals surface area contributed by atoms with Gasteiger partial charge in [-0.1, -0.05) is 0 Å². The largest absolute Gasteiger partial charge is 0.508 e. The second-order valence-corrected chi connectivity index (χ2v) is 2.58. The van der Waals surface area contributed by atoms with Gasteiger partial charge in [-0.05, 0) is 18.2 Å². The summed E-state index contributed by atoms with van der Waals surface area (Å²) in [6.07, 6.45) is 1.36. The normalized spacial score (nSPS) is 10.3. The third-order valence-electron chi connectivity index (χ3n) is 1.44. The fraction of sp³-hybridized carbons (Fsp3) is 0. The summed E-state index contributed by atoms with van der Waals surface area (Å²) >= 11 is 0. The minimum atomic E-state index is -0.139. The number of nitrogen functional groups attached to an aromatic ring is 1. The van der Waals surface area contributed by atoms with E-state index < -0.39 is 0 Å². The Labute approximate surface area is 80.7 Å². The van der Waals surface area contributed by atoms with Crippen LogP contribution in [0.5, 0.6) is 5.75 Å². The highest BCUT2D eigenvalue weighted by molar-refractivity contribution is 5.88. The van der Waals surface area contributed by atoms with Crippen LogP contribution >= 0.6 is 0 Å². The van der Waals surface area contributed by atoms with Crippen LogP contribution in [-0.4, -0.2) is 17.3 Å². The van der Waals surface area contributed by atoms with Crippen molar-refractivity contribution in [3.05, 3.63) is 23.8 Å². The minimum Gasteiger partial charge on any atom is -0.508 e. The van der Waals surface area contributed by atoms with E-state index in [-0.39, 0.29) is 11.7 Å². The lowest BCUT2D eigenvalue weighted by Gasteiger charge is -1.98. The Bertz CT molecular complexity index is 381. The average molecular weight is 193 g/mol. The Morgan fingerprint density at radius 1 is 1.36 bits per heavy atom. The third kappa shape index (κ3) is 2.67. The second-order valence-electron chi connectivity index (χ2n) is 2.58. The first-order chi connectivity index (χ1) is 6.59. The highest BCUT2D eigenvalue weighted by atomic mass is 16.3. The molecule has 0 unspecified atom stereocenters. The Kier molecular flexibility index (Phi) is 2.90. The molecule has 1 aromatic carbocycles. The molecule has 14 heavy (non-hydrogen) atoms. The maximum absolute atomic E-state index is 9.14. The number of nitrogens with two attached hydrogens (primary N) is 3. The van der Waals surface area contributed by atoms with E-state index in [0.717, 1.165) is 0 Å². The molecule has 74 valence electrons. The molecule has 6 heteroatoms. The molecular weight excluding hydrogens is 182 g/mol. The summed E-state index contributed by atoms with van der Waals surface area (Å²) < 4.78 is 0. The summed E-state index contributed by atoms with van der Waals surface area (Å²) in [7, 11) is 0. The number of rotatable bonds is 2. The van der Waals surface area contributed by atoms with Crippen molar-refractivity contribution in [2.75, 3.05) is 5.73 Å². The standard InChI is InChI=1S/C8H11N5O/c9-7-2-1-6(14)3-5(7)4-12-13-8(10)11/h1-4,14H,9H2,(H4,10,11,13). The van der Waals surface area contributed by atoms with E-state index in [1.165, 1.54) is 18.3 Å². The molecule has 0 spiro atoms. The summed E-state index contributed by atoms with van der Waals surface area (Å²) in [5, 5.41) is 16.1. The van der Waals surface area contributed by atoms with Gasteiger partial charge in [0.2, 0.25) is 5.96 Å². The molecule has 0 heterocycles. The zero-order valence-electron chi connectivity index (χ0n) is 7.38. The van der Waals surface area contributed by atoms with Crippen LogP contribution in [0.25, 0.3) is 0 Å². The van der Waals surface area contributed by atoms with Crippen molar-refractivity contribution in [3.8, 4) is 5.75 Å². The van der Waals surface area contributed by atoms with Gasteiger partial charge in [-0.3, -0.25) is 0 Å². The highest BCUT2D eigenvalue weighted by Crippen LogP contribution is 2.16. The van der Waals surface area contributed by atoms with Gasteiger partial charge in [0.1, 0.15) is 5.75 Å². The average Bonchev–Trinajstić information content (AvgIpc) is 2.10. The first kappa shape index (κ1) is 9.85. The van der Waals surface area contributed by atoms with E-state index in [1.54, 1.807) is 6.07 Å². The van der Waals surface area contributed by atoms with E-state index in [9.17, 15) is 0 Å². The van der Waals surface area contributed by atoms with Crippen molar-refractivity contribution in [2.45, 2.75) is 0 Å². The lowest BCUT2D eigenvalue weighted by atomic mass is 10.2. The first-order valence-electron chi connectivity index (χ1n) is 3.80. The van der Waals surface area contributed by atoms with Gasteiger partial charge in [-0.2, -0.15) is 5.10 Å². The highest BCUT2D eigenvalue weighted by Gasteiger charge is 1.96. The molecular formula is C8H11N5O. The van der Waals surface area contributed by atoms with Crippen LogP contribution in [0.2, 0.25) is 0 Å². The number of hydrogen-bond donors (Lipinski definition) is 4. The fourth-order valence-corrected chi connectivity index (χ4v) is 0.832. The van der Waals surface area contributed by atoms with E-state index in [0.29, 0.717) is 11.3 Å². The SMILES string of the molecule is NC(N)=NN=Cc1cc(O)ccc1N. The molecule has 1 aromatic rings. The van der Waals surface area contributed by atoms with Gasteiger partial charge in [0.05, 0.1) is 6.21 Å². The molecule has 0 bridgehead atoms. The van der Waals surface area contributed by atoms with Crippen LogP contribution in [0.1, 0.15) is 5.56 Å². The molecule has 1 rings (SSSR count). The second kappa shape index (κ2) is 4.13. The van der Waals surface area contributed by atoms with Crippen LogP contribution < -0.4 is 17.2 Å². The Hall–Kier alpha value is -2.24. The van der Waals surface area contributed by atoms with Crippen molar-refractivity contribution in [3.63, 3.8) is 0 Å². The van der Waals surface area contributed by atoms with Crippen LogP contribution in [-0.2, 0) is 0 Å². The summed E-state index contributed by atoms with van der Waals surface area (Å²) in [4.78, 5) is 0. The molecule has 0 saturated heterocycles. The van der Waals surface area contributed by atoms with Gasteiger partial charge in [-0.25, -0.2) is 0 Å². The van der Waals surface area contributed by atoms with Crippen LogP contribution in [0.15, 0.2) is 28.4 Å². The number of phenolic OH excluding ortho intramolecular Hbond substituents is 1. The zero-order chi connectivity index (χ0) is 10.6. The third-order valence-corrected chi connectivity index (χ3v) is 1.44. The van der Waals surface area contributed by atoms with Gasteiger partial charge >= 0.3 is 0 Å². The molecule has 0 aliphatic rings. The summed E-state index contributed by atoms with van der Waals surface area (Å²) in [6.45, 7) is 0. The van der Waals surface area contributed by atoms with Crippen molar-refractivity contribution in [2.24, 2.45) is 21.7 Å². The zero-order valence-corrected chi connectivity index (χ0v) is 7.38. The Morgan fingerprint density at radius 2 is 2.07 bits per heavy atom. The summed E-state index contributed by atoms with van der Waals surface area (Å²) in [6, 6.07) is 4.50. The molecule has 0 radical (unpaired) electrons. The predicted octanol–water partition coefficient (Wildman–Crippen LogP) is -0.418. The molecule has 0 fully saturated rings. The molecule has 0 aliphatic heterocycles. The van der Waals surface area contributed by atoms with E-state index in [2.05, 4.69) is 10.2 Å². The van der Waals surface area contributed by atoms with Crippen molar-refractivity contribution >= 4 is 17.9 Å². The maximum Gasteiger partial charge on any atom is 0.211 e. The number of phenols is 1. The van der Waals surface area contributed by atoms with Gasteiger partial charge in [-0.15, -0.1) is 5.10 Å². The van der Waals surface area contributed by atoms with Crippen LogP contribution in [0, 0.1) is 0 Å². The topological polar surface area (TPSA) is 123 Å². The lowest BCUT2D eigenvalue weighted by Crippen LogP contribution is -2.21. The molecule has 7 N–H and O–H groups in total. The Morgan fingerprint density at radius 3 is 2.71 bits per heavy atom. The van der Waals surface area contributed by atoms with E-state index >= 15 is 0 Å². The van der Waals surface area contributed by atoms with Crippen LogP contribution in [0.4, 0.5) is 5.69 Å². The minimum absolute atomic E-state index is 0.102. The van der Waals surface area contributed by atoms with Gasteiger partial charge in [0.25, 0.3) is 0 Å².